The Hall–Kier alpha value is -1.66. The fourth-order valence-corrected chi connectivity index (χ4v) is 4.38. The highest BCUT2D eigenvalue weighted by Gasteiger charge is 2.20. The van der Waals surface area contributed by atoms with Crippen LogP contribution in [0.2, 0.25) is 15.1 Å². The van der Waals surface area contributed by atoms with E-state index >= 15 is 0 Å². The molecule has 0 atom stereocenters. The van der Waals surface area contributed by atoms with Crippen molar-refractivity contribution < 1.29 is 9.18 Å². The molecule has 3 rings (SSSR count). The van der Waals surface area contributed by atoms with Crippen molar-refractivity contribution in [1.82, 2.24) is 10.3 Å². The quantitative estimate of drug-likeness (QED) is 0.350. The van der Waals surface area contributed by atoms with Gasteiger partial charge in [0.05, 0.1) is 22.3 Å². The van der Waals surface area contributed by atoms with Gasteiger partial charge in [0, 0.05) is 22.2 Å². The van der Waals surface area contributed by atoms with E-state index in [1.54, 1.807) is 30.3 Å². The number of nitrogens with zero attached hydrogens (tertiary/aromatic N) is 1. The van der Waals surface area contributed by atoms with Crippen molar-refractivity contribution in [3.05, 3.63) is 62.5 Å². The molecule has 0 saturated heterocycles. The number of hydrogen-bond donors (Lipinski definition) is 1. The van der Waals surface area contributed by atoms with E-state index in [-0.39, 0.29) is 12.6 Å². The average molecular weight is 472 g/mol. The van der Waals surface area contributed by atoms with Gasteiger partial charge in [-0.3, -0.25) is 9.18 Å². The molecule has 29 heavy (non-hydrogen) atoms. The number of thiazole rings is 1. The van der Waals surface area contributed by atoms with Gasteiger partial charge in [-0.1, -0.05) is 46.9 Å². The molecule has 0 aliphatic rings. The van der Waals surface area contributed by atoms with Gasteiger partial charge in [-0.05, 0) is 55.2 Å². The molecule has 0 saturated carbocycles. The van der Waals surface area contributed by atoms with Crippen LogP contribution in [0.15, 0.2) is 42.5 Å². The van der Waals surface area contributed by atoms with Crippen molar-refractivity contribution in [2.75, 3.05) is 13.2 Å². The van der Waals surface area contributed by atoms with Gasteiger partial charge < -0.3 is 5.32 Å². The van der Waals surface area contributed by atoms with Gasteiger partial charge in [0.2, 0.25) is 0 Å². The molecule has 0 unspecified atom stereocenters. The molecular formula is C21H18Cl3FN2OS. The molecule has 1 aromatic heterocycles. The van der Waals surface area contributed by atoms with Crippen LogP contribution in [0.3, 0.4) is 0 Å². The summed E-state index contributed by atoms with van der Waals surface area (Å²) in [5, 5.41) is 4.78. The van der Waals surface area contributed by atoms with E-state index in [2.05, 4.69) is 10.3 Å². The Morgan fingerprint density at radius 1 is 1.00 bits per heavy atom. The number of halogens is 4. The number of amides is 1. The lowest BCUT2D eigenvalue weighted by Crippen LogP contribution is -2.24. The molecule has 0 radical (unpaired) electrons. The highest BCUT2D eigenvalue weighted by atomic mass is 35.5. The number of hydrogen-bond acceptors (Lipinski definition) is 3. The van der Waals surface area contributed by atoms with Crippen LogP contribution in [0, 0.1) is 0 Å². The van der Waals surface area contributed by atoms with Crippen LogP contribution in [-0.4, -0.2) is 24.1 Å². The zero-order valence-electron chi connectivity index (χ0n) is 15.4. The van der Waals surface area contributed by atoms with Gasteiger partial charge in [0.15, 0.2) is 5.01 Å². The van der Waals surface area contributed by atoms with E-state index in [0.29, 0.717) is 44.3 Å². The topological polar surface area (TPSA) is 42.0 Å². The Kier molecular flexibility index (Phi) is 7.90. The smallest absolute Gasteiger partial charge is 0.280 e. The minimum absolute atomic E-state index is 0.262. The van der Waals surface area contributed by atoms with Gasteiger partial charge in [0.25, 0.3) is 5.91 Å². The standard InChI is InChI=1S/C21H18Cl3FN2OS/c22-14-6-4-13(5-7-14)19-18(16-9-8-15(23)12-17(16)24)27-21(29-19)20(28)26-11-3-1-2-10-25/h4-9,12H,1-3,10-11H2,(H,26,28). The zero-order chi connectivity index (χ0) is 20.8. The highest BCUT2D eigenvalue weighted by Crippen LogP contribution is 2.40. The van der Waals surface area contributed by atoms with Crippen LogP contribution in [-0.2, 0) is 0 Å². The summed E-state index contributed by atoms with van der Waals surface area (Å²) in [7, 11) is 0. The van der Waals surface area contributed by atoms with Crippen molar-refractivity contribution in [2.24, 2.45) is 0 Å². The van der Waals surface area contributed by atoms with E-state index in [4.69, 9.17) is 34.8 Å². The summed E-state index contributed by atoms with van der Waals surface area (Å²) in [6, 6.07) is 12.5. The largest absolute Gasteiger partial charge is 0.350 e. The number of alkyl halides is 1. The molecule has 3 aromatic rings. The number of carbonyl (C=O) groups excluding carboxylic acids is 1. The third kappa shape index (κ3) is 5.70. The molecule has 1 amide bonds. The highest BCUT2D eigenvalue weighted by molar-refractivity contribution is 7.17. The summed E-state index contributed by atoms with van der Waals surface area (Å²) in [6.45, 7) is 0.141. The predicted molar refractivity (Wildman–Crippen MR) is 120 cm³/mol. The molecule has 8 heteroatoms. The Bertz CT molecular complexity index is 992. The van der Waals surface area contributed by atoms with Gasteiger partial charge in [0.1, 0.15) is 0 Å². The number of aromatic nitrogens is 1. The van der Waals surface area contributed by atoms with E-state index in [1.807, 2.05) is 12.1 Å². The fraction of sp³-hybridized carbons (Fsp3) is 0.238. The number of carbonyl (C=O) groups is 1. The maximum Gasteiger partial charge on any atom is 0.280 e. The van der Waals surface area contributed by atoms with Crippen LogP contribution >= 0.6 is 46.1 Å². The predicted octanol–water partition coefficient (Wildman–Crippen LogP) is 7.31. The summed E-state index contributed by atoms with van der Waals surface area (Å²) >= 11 is 19.7. The van der Waals surface area contributed by atoms with Crippen molar-refractivity contribution in [1.29, 1.82) is 0 Å². The number of unbranched alkanes of at least 4 members (excludes halogenated alkanes) is 2. The van der Waals surface area contributed by atoms with Gasteiger partial charge in [-0.2, -0.15) is 0 Å². The normalized spacial score (nSPS) is 10.9. The molecule has 0 fully saturated rings. The third-order valence-corrected chi connectivity index (χ3v) is 6.11. The lowest BCUT2D eigenvalue weighted by atomic mass is 10.1. The maximum atomic E-state index is 12.6. The van der Waals surface area contributed by atoms with Crippen LogP contribution in [0.1, 0.15) is 29.1 Å². The minimum Gasteiger partial charge on any atom is -0.350 e. The summed E-state index contributed by atoms with van der Waals surface area (Å²) in [4.78, 5) is 18.0. The number of nitrogens with one attached hydrogen (secondary N) is 1. The molecule has 0 aliphatic carbocycles. The molecule has 0 bridgehead atoms. The first-order chi connectivity index (χ1) is 14.0. The van der Waals surface area contributed by atoms with Gasteiger partial charge in [-0.15, -0.1) is 11.3 Å². The molecule has 0 aliphatic heterocycles. The van der Waals surface area contributed by atoms with Crippen LogP contribution in [0.4, 0.5) is 4.39 Å². The summed E-state index contributed by atoms with van der Waals surface area (Å²) in [5.41, 5.74) is 2.19. The Morgan fingerprint density at radius 2 is 1.72 bits per heavy atom. The van der Waals surface area contributed by atoms with E-state index in [9.17, 15) is 9.18 Å². The molecule has 152 valence electrons. The van der Waals surface area contributed by atoms with E-state index < -0.39 is 0 Å². The first kappa shape index (κ1) is 22.0. The van der Waals surface area contributed by atoms with Gasteiger partial charge >= 0.3 is 0 Å². The van der Waals surface area contributed by atoms with Crippen molar-refractivity contribution in [2.45, 2.75) is 19.3 Å². The lowest BCUT2D eigenvalue weighted by molar-refractivity contribution is 0.0952. The van der Waals surface area contributed by atoms with Crippen molar-refractivity contribution in [3.63, 3.8) is 0 Å². The minimum atomic E-state index is -0.337. The fourth-order valence-electron chi connectivity index (χ4n) is 2.75. The average Bonchev–Trinajstić information content (AvgIpc) is 3.13. The maximum absolute atomic E-state index is 12.6. The second-order valence-corrected chi connectivity index (χ2v) is 8.61. The molecule has 2 aromatic carbocycles. The molecule has 0 spiro atoms. The van der Waals surface area contributed by atoms with Crippen molar-refractivity contribution in [3.8, 4) is 21.7 Å². The van der Waals surface area contributed by atoms with Crippen LogP contribution < -0.4 is 5.32 Å². The molecular weight excluding hydrogens is 454 g/mol. The first-order valence-electron chi connectivity index (χ1n) is 9.06. The van der Waals surface area contributed by atoms with Crippen molar-refractivity contribution >= 4 is 52.0 Å². The van der Waals surface area contributed by atoms with E-state index in [0.717, 1.165) is 23.3 Å². The summed E-state index contributed by atoms with van der Waals surface area (Å²) < 4.78 is 12.2. The molecule has 1 N–H and O–H groups in total. The summed E-state index contributed by atoms with van der Waals surface area (Å²) in [5.74, 6) is -0.262. The monoisotopic (exact) mass is 470 g/mol. The Labute approximate surface area is 187 Å². The van der Waals surface area contributed by atoms with E-state index in [1.165, 1.54) is 11.3 Å². The summed E-state index contributed by atoms with van der Waals surface area (Å²) in [6.07, 6.45) is 1.96. The van der Waals surface area contributed by atoms with Crippen LogP contribution in [0.5, 0.6) is 0 Å². The Morgan fingerprint density at radius 3 is 2.41 bits per heavy atom. The SMILES string of the molecule is O=C(NCCCCCF)c1nc(-c2ccc(Cl)cc2Cl)c(-c2ccc(Cl)cc2)s1. The molecule has 1 heterocycles. The Balaban J connectivity index is 1.93. The first-order valence-corrected chi connectivity index (χ1v) is 11.0. The van der Waals surface area contributed by atoms with Gasteiger partial charge in [-0.25, -0.2) is 4.98 Å². The number of rotatable bonds is 8. The number of benzene rings is 2. The van der Waals surface area contributed by atoms with Crippen LogP contribution in [0.25, 0.3) is 21.7 Å². The third-order valence-electron chi connectivity index (χ3n) is 4.21. The lowest BCUT2D eigenvalue weighted by Gasteiger charge is -2.05. The molecule has 3 nitrogen and oxygen atoms in total. The zero-order valence-corrected chi connectivity index (χ0v) is 18.4. The second-order valence-electron chi connectivity index (χ2n) is 6.33. The second kappa shape index (κ2) is 10.4.